The lowest BCUT2D eigenvalue weighted by Crippen LogP contribution is -2.20. The molecule has 1 N–H and O–H groups in total. The molecular formula is C17H19F2NO. The SMILES string of the molecule is CNC(c1ccc(OC)c(F)c1)c1c(C)cc(C)cc1F. The summed E-state index contributed by atoms with van der Waals surface area (Å²) < 4.78 is 33.1. The van der Waals surface area contributed by atoms with E-state index < -0.39 is 11.9 Å². The van der Waals surface area contributed by atoms with Gasteiger partial charge in [-0.15, -0.1) is 0 Å². The molecule has 0 aliphatic heterocycles. The Kier molecular flexibility index (Phi) is 4.58. The topological polar surface area (TPSA) is 21.3 Å². The highest BCUT2D eigenvalue weighted by atomic mass is 19.1. The average molecular weight is 291 g/mol. The summed E-state index contributed by atoms with van der Waals surface area (Å²) in [4.78, 5) is 0. The zero-order chi connectivity index (χ0) is 15.6. The Labute approximate surface area is 123 Å². The largest absolute Gasteiger partial charge is 0.494 e. The second-order valence-corrected chi connectivity index (χ2v) is 5.09. The Morgan fingerprint density at radius 1 is 1.05 bits per heavy atom. The van der Waals surface area contributed by atoms with Gasteiger partial charge in [0.2, 0.25) is 0 Å². The maximum Gasteiger partial charge on any atom is 0.165 e. The Hall–Kier alpha value is -1.94. The van der Waals surface area contributed by atoms with Crippen molar-refractivity contribution in [3.8, 4) is 5.75 Å². The van der Waals surface area contributed by atoms with Crippen molar-refractivity contribution in [3.05, 3.63) is 64.2 Å². The van der Waals surface area contributed by atoms with Crippen LogP contribution in [0.4, 0.5) is 8.78 Å². The molecule has 0 bridgehead atoms. The predicted molar refractivity (Wildman–Crippen MR) is 79.7 cm³/mol. The van der Waals surface area contributed by atoms with E-state index >= 15 is 0 Å². The molecule has 21 heavy (non-hydrogen) atoms. The highest BCUT2D eigenvalue weighted by molar-refractivity contribution is 5.41. The van der Waals surface area contributed by atoms with E-state index in [9.17, 15) is 8.78 Å². The van der Waals surface area contributed by atoms with Crippen LogP contribution in [0.1, 0.15) is 28.3 Å². The van der Waals surface area contributed by atoms with E-state index in [2.05, 4.69) is 5.32 Å². The fraction of sp³-hybridized carbons (Fsp3) is 0.294. The number of halogens is 2. The molecule has 0 radical (unpaired) electrons. The van der Waals surface area contributed by atoms with Gasteiger partial charge in [0.25, 0.3) is 0 Å². The third-order valence-corrected chi connectivity index (χ3v) is 3.57. The van der Waals surface area contributed by atoms with E-state index in [1.807, 2.05) is 19.9 Å². The summed E-state index contributed by atoms with van der Waals surface area (Å²) in [7, 11) is 3.14. The lowest BCUT2D eigenvalue weighted by Gasteiger charge is -2.21. The zero-order valence-electron chi connectivity index (χ0n) is 12.6. The van der Waals surface area contributed by atoms with Crippen LogP contribution < -0.4 is 10.1 Å². The van der Waals surface area contributed by atoms with Gasteiger partial charge in [-0.1, -0.05) is 12.1 Å². The van der Waals surface area contributed by atoms with Crippen molar-refractivity contribution < 1.29 is 13.5 Å². The van der Waals surface area contributed by atoms with E-state index in [4.69, 9.17) is 4.74 Å². The van der Waals surface area contributed by atoms with Crippen LogP contribution in [0.3, 0.4) is 0 Å². The number of ether oxygens (including phenoxy) is 1. The number of hydrogen-bond acceptors (Lipinski definition) is 2. The van der Waals surface area contributed by atoms with Gasteiger partial charge in [-0.2, -0.15) is 0 Å². The normalized spacial score (nSPS) is 12.3. The summed E-state index contributed by atoms with van der Waals surface area (Å²) in [5.41, 5.74) is 2.89. The van der Waals surface area contributed by atoms with Crippen molar-refractivity contribution in [3.63, 3.8) is 0 Å². The molecule has 0 aliphatic carbocycles. The summed E-state index contributed by atoms with van der Waals surface area (Å²) in [6.07, 6.45) is 0. The number of aryl methyl sites for hydroxylation is 2. The molecule has 112 valence electrons. The molecule has 1 unspecified atom stereocenters. The molecule has 0 amide bonds. The third kappa shape index (κ3) is 3.05. The molecule has 2 nitrogen and oxygen atoms in total. The molecule has 0 heterocycles. The van der Waals surface area contributed by atoms with Gasteiger partial charge >= 0.3 is 0 Å². The van der Waals surface area contributed by atoms with Crippen molar-refractivity contribution in [2.75, 3.05) is 14.2 Å². The first-order valence-electron chi connectivity index (χ1n) is 6.75. The van der Waals surface area contributed by atoms with Crippen molar-refractivity contribution in [1.82, 2.24) is 5.32 Å². The minimum absolute atomic E-state index is 0.176. The van der Waals surface area contributed by atoms with E-state index in [1.165, 1.54) is 19.2 Å². The van der Waals surface area contributed by atoms with Gasteiger partial charge < -0.3 is 10.1 Å². The average Bonchev–Trinajstić information content (AvgIpc) is 2.42. The van der Waals surface area contributed by atoms with Crippen molar-refractivity contribution in [1.29, 1.82) is 0 Å². The van der Waals surface area contributed by atoms with Crippen LogP contribution in [0.15, 0.2) is 30.3 Å². The lowest BCUT2D eigenvalue weighted by atomic mass is 9.93. The minimum Gasteiger partial charge on any atom is -0.494 e. The van der Waals surface area contributed by atoms with Gasteiger partial charge in [0, 0.05) is 5.56 Å². The van der Waals surface area contributed by atoms with E-state index in [1.54, 1.807) is 19.2 Å². The highest BCUT2D eigenvalue weighted by Crippen LogP contribution is 2.30. The van der Waals surface area contributed by atoms with Crippen molar-refractivity contribution in [2.45, 2.75) is 19.9 Å². The van der Waals surface area contributed by atoms with Crippen LogP contribution in [-0.2, 0) is 0 Å². The number of benzene rings is 2. The first-order valence-corrected chi connectivity index (χ1v) is 6.75. The maximum absolute atomic E-state index is 14.3. The highest BCUT2D eigenvalue weighted by Gasteiger charge is 2.20. The molecule has 0 aliphatic rings. The Bertz CT molecular complexity index is 632. The summed E-state index contributed by atoms with van der Waals surface area (Å²) in [5, 5.41) is 3.05. The molecule has 0 spiro atoms. The lowest BCUT2D eigenvalue weighted by molar-refractivity contribution is 0.385. The smallest absolute Gasteiger partial charge is 0.165 e. The Morgan fingerprint density at radius 3 is 2.29 bits per heavy atom. The van der Waals surface area contributed by atoms with E-state index in [0.29, 0.717) is 11.1 Å². The minimum atomic E-state index is -0.458. The van der Waals surface area contributed by atoms with Crippen molar-refractivity contribution in [2.24, 2.45) is 0 Å². The Balaban J connectivity index is 2.52. The second kappa shape index (κ2) is 6.22. The van der Waals surface area contributed by atoms with Gasteiger partial charge in [0.05, 0.1) is 13.2 Å². The fourth-order valence-electron chi connectivity index (χ4n) is 2.63. The van der Waals surface area contributed by atoms with E-state index in [-0.39, 0.29) is 11.6 Å². The van der Waals surface area contributed by atoms with Crippen molar-refractivity contribution >= 4 is 0 Å². The maximum atomic E-state index is 14.3. The third-order valence-electron chi connectivity index (χ3n) is 3.57. The van der Waals surface area contributed by atoms with E-state index in [0.717, 1.165) is 11.1 Å². The quantitative estimate of drug-likeness (QED) is 0.922. The predicted octanol–water partition coefficient (Wildman–Crippen LogP) is 3.90. The number of nitrogens with one attached hydrogen (secondary N) is 1. The summed E-state index contributed by atoms with van der Waals surface area (Å²) >= 11 is 0. The van der Waals surface area contributed by atoms with Crippen LogP contribution in [0.25, 0.3) is 0 Å². The molecule has 4 heteroatoms. The molecule has 0 saturated carbocycles. The van der Waals surface area contributed by atoms with Crippen LogP contribution >= 0.6 is 0 Å². The second-order valence-electron chi connectivity index (χ2n) is 5.09. The first-order chi connectivity index (χ1) is 9.97. The molecule has 1 atom stereocenters. The zero-order valence-corrected chi connectivity index (χ0v) is 12.6. The van der Waals surface area contributed by atoms with Crippen LogP contribution in [0.5, 0.6) is 5.75 Å². The van der Waals surface area contributed by atoms with Gasteiger partial charge in [0.15, 0.2) is 11.6 Å². The van der Waals surface area contributed by atoms with Gasteiger partial charge in [-0.05, 0) is 55.8 Å². The van der Waals surface area contributed by atoms with Crippen LogP contribution in [0, 0.1) is 25.5 Å². The standard InChI is InChI=1S/C17H19F2NO/c1-10-7-11(2)16(14(19)8-10)17(20-3)12-5-6-15(21-4)13(18)9-12/h5-9,17,20H,1-4H3. The molecule has 2 rings (SSSR count). The van der Waals surface area contributed by atoms with Crippen LogP contribution in [0.2, 0.25) is 0 Å². The molecule has 2 aromatic carbocycles. The molecule has 2 aromatic rings. The molecule has 0 aromatic heterocycles. The van der Waals surface area contributed by atoms with Gasteiger partial charge in [0.1, 0.15) is 5.82 Å². The first kappa shape index (κ1) is 15.4. The molecule has 0 fully saturated rings. The summed E-state index contributed by atoms with van der Waals surface area (Å²) in [5.74, 6) is -0.571. The van der Waals surface area contributed by atoms with Gasteiger partial charge in [-0.3, -0.25) is 0 Å². The fourth-order valence-corrected chi connectivity index (χ4v) is 2.63. The number of hydrogen-bond donors (Lipinski definition) is 1. The number of methoxy groups -OCH3 is 1. The number of rotatable bonds is 4. The molecule has 0 saturated heterocycles. The summed E-state index contributed by atoms with van der Waals surface area (Å²) in [6.45, 7) is 3.71. The van der Waals surface area contributed by atoms with Gasteiger partial charge in [-0.25, -0.2) is 8.78 Å². The van der Waals surface area contributed by atoms with Crippen LogP contribution in [-0.4, -0.2) is 14.2 Å². The molecular weight excluding hydrogens is 272 g/mol. The summed E-state index contributed by atoms with van der Waals surface area (Å²) in [6, 6.07) is 7.66. The monoisotopic (exact) mass is 291 g/mol. The Morgan fingerprint density at radius 2 is 1.76 bits per heavy atom.